The molecule has 0 bridgehead atoms. The highest BCUT2D eigenvalue weighted by Gasteiger charge is 2.62. The number of carbonyl (C=O) groups excluding carboxylic acids is 4. The van der Waals surface area contributed by atoms with E-state index in [2.05, 4.69) is 53.0 Å². The quantitative estimate of drug-likeness (QED) is 0.185. The summed E-state index contributed by atoms with van der Waals surface area (Å²) in [5.74, 6) is 0.0619. The molecule has 0 radical (unpaired) electrons. The fourth-order valence-electron chi connectivity index (χ4n) is 6.84. The van der Waals surface area contributed by atoms with Crippen molar-refractivity contribution < 1.29 is 28.7 Å². The third kappa shape index (κ3) is 7.33. The molecule has 6 atom stereocenters. The van der Waals surface area contributed by atoms with Gasteiger partial charge in [-0.2, -0.15) is 0 Å². The van der Waals surface area contributed by atoms with Crippen molar-refractivity contribution in [3.05, 3.63) is 70.9 Å². The van der Waals surface area contributed by atoms with E-state index in [4.69, 9.17) is 9.47 Å². The summed E-state index contributed by atoms with van der Waals surface area (Å²) < 4.78 is 11.3. The van der Waals surface area contributed by atoms with Crippen LogP contribution in [-0.2, 0) is 28.7 Å². The van der Waals surface area contributed by atoms with Gasteiger partial charge in [0.05, 0.1) is 24.7 Å². The molecule has 4 rings (SSSR count). The maximum Gasteiger partial charge on any atom is 0.310 e. The summed E-state index contributed by atoms with van der Waals surface area (Å²) in [4.78, 5) is 48.9. The first-order valence-electron chi connectivity index (χ1n) is 15.8. The molecule has 4 aliphatic carbocycles. The van der Waals surface area contributed by atoms with Crippen LogP contribution in [-0.4, -0.2) is 35.7 Å². The first-order valence-corrected chi connectivity index (χ1v) is 15.8. The van der Waals surface area contributed by atoms with Gasteiger partial charge in [0, 0.05) is 11.1 Å². The van der Waals surface area contributed by atoms with Crippen molar-refractivity contribution in [3.8, 4) is 0 Å². The Hall–Kier alpha value is -3.28. The van der Waals surface area contributed by atoms with E-state index in [1.807, 2.05) is 41.5 Å². The van der Waals surface area contributed by atoms with E-state index in [0.717, 1.165) is 22.3 Å². The Morgan fingerprint density at radius 2 is 1.02 bits per heavy atom. The highest BCUT2D eigenvalue weighted by atomic mass is 16.5. The van der Waals surface area contributed by atoms with Gasteiger partial charge in [-0.3, -0.25) is 19.2 Å². The lowest BCUT2D eigenvalue weighted by Gasteiger charge is -2.13. The van der Waals surface area contributed by atoms with Crippen molar-refractivity contribution in [2.45, 2.75) is 107 Å². The average molecular weight is 605 g/mol. The molecule has 0 aromatic carbocycles. The molecule has 6 nitrogen and oxygen atoms in total. The van der Waals surface area contributed by atoms with E-state index in [0.29, 0.717) is 12.8 Å². The number of carbonyl (C=O) groups is 4. The molecular formula is C38H52O6. The molecule has 6 unspecified atom stereocenters. The number of esters is 2. The summed E-state index contributed by atoms with van der Waals surface area (Å²) >= 11 is 0. The van der Waals surface area contributed by atoms with Crippen molar-refractivity contribution in [1.82, 2.24) is 0 Å². The smallest absolute Gasteiger partial charge is 0.310 e. The second-order valence-electron chi connectivity index (χ2n) is 14.6. The fourth-order valence-corrected chi connectivity index (χ4v) is 6.84. The summed E-state index contributed by atoms with van der Waals surface area (Å²) in [5, 5.41) is 0. The number of ether oxygens (including phenoxy) is 2. The molecule has 240 valence electrons. The van der Waals surface area contributed by atoms with Gasteiger partial charge >= 0.3 is 11.9 Å². The van der Waals surface area contributed by atoms with E-state index >= 15 is 0 Å². The van der Waals surface area contributed by atoms with E-state index < -0.39 is 12.2 Å². The lowest BCUT2D eigenvalue weighted by molar-refractivity contribution is -0.151. The number of hydrogen-bond donors (Lipinski definition) is 0. The minimum Gasteiger partial charge on any atom is -0.457 e. The predicted molar refractivity (Wildman–Crippen MR) is 174 cm³/mol. The van der Waals surface area contributed by atoms with Crippen LogP contribution in [0.3, 0.4) is 0 Å². The van der Waals surface area contributed by atoms with E-state index in [1.54, 1.807) is 12.2 Å². The van der Waals surface area contributed by atoms with Gasteiger partial charge in [0.1, 0.15) is 12.2 Å². The summed E-state index contributed by atoms with van der Waals surface area (Å²) in [6, 6.07) is 0. The zero-order valence-electron chi connectivity index (χ0n) is 28.5. The molecule has 0 heterocycles. The second-order valence-corrected chi connectivity index (χ2v) is 14.6. The lowest BCUT2D eigenvalue weighted by atomic mass is 10.1. The monoisotopic (exact) mass is 604 g/mol. The van der Waals surface area contributed by atoms with Crippen LogP contribution in [0.5, 0.6) is 0 Å². The van der Waals surface area contributed by atoms with Gasteiger partial charge in [-0.15, -0.1) is 13.2 Å². The second kappa shape index (κ2) is 13.4. The normalized spacial score (nSPS) is 29.3. The third-order valence-corrected chi connectivity index (χ3v) is 9.90. The molecule has 2 saturated carbocycles. The largest absolute Gasteiger partial charge is 0.457 e. The van der Waals surface area contributed by atoms with Gasteiger partial charge in [-0.25, -0.2) is 0 Å². The summed E-state index contributed by atoms with van der Waals surface area (Å²) in [7, 11) is 0. The molecule has 2 fully saturated rings. The molecular weight excluding hydrogens is 552 g/mol. The maximum atomic E-state index is 12.5. The Bertz CT molecular complexity index is 1250. The number of ketones is 2. The predicted octanol–water partition coefficient (Wildman–Crippen LogP) is 8.00. The zero-order chi connectivity index (χ0) is 33.3. The molecule has 0 spiro atoms. The van der Waals surface area contributed by atoms with Gasteiger partial charge in [0.15, 0.2) is 11.6 Å². The average Bonchev–Trinajstić information content (AvgIpc) is 3.55. The van der Waals surface area contributed by atoms with E-state index in [9.17, 15) is 19.2 Å². The van der Waals surface area contributed by atoms with Crippen LogP contribution in [0.25, 0.3) is 0 Å². The SMILES string of the molecule is C=CCC1=C(C)C(OC(=O)C2C(C=C(C)C)C2(C)C)CC1=O.C=CCC1=C(C)C(OC(=O)C2C(C=C(C)C)C2(C)C)CC1=O. The molecule has 0 saturated heterocycles. The van der Waals surface area contributed by atoms with Gasteiger partial charge in [0.25, 0.3) is 0 Å². The summed E-state index contributed by atoms with van der Waals surface area (Å²) in [6.45, 7) is 27.6. The Morgan fingerprint density at radius 3 is 1.30 bits per heavy atom. The number of allylic oxidation sites excluding steroid dienone is 8. The first-order chi connectivity index (χ1) is 20.4. The molecule has 0 N–H and O–H groups in total. The lowest BCUT2D eigenvalue weighted by Crippen LogP contribution is -2.20. The van der Waals surface area contributed by atoms with Crippen molar-refractivity contribution in [1.29, 1.82) is 0 Å². The Labute approximate surface area is 264 Å². The van der Waals surface area contributed by atoms with E-state index in [1.165, 1.54) is 11.1 Å². The summed E-state index contributed by atoms with van der Waals surface area (Å²) in [6.07, 6.45) is 8.61. The van der Waals surface area contributed by atoms with E-state index in [-0.39, 0.29) is 70.8 Å². The molecule has 0 aromatic rings. The number of rotatable bonds is 10. The number of hydrogen-bond acceptors (Lipinski definition) is 6. The minimum atomic E-state index is -0.390. The first kappa shape index (κ1) is 35.2. The van der Waals surface area contributed by atoms with Crippen LogP contribution in [0, 0.1) is 34.5 Å². The van der Waals surface area contributed by atoms with Gasteiger partial charge in [0.2, 0.25) is 0 Å². The summed E-state index contributed by atoms with van der Waals surface area (Å²) in [5.41, 5.74) is 5.60. The molecule has 0 aromatic heterocycles. The maximum absolute atomic E-state index is 12.5. The Balaban J connectivity index is 0.000000240. The van der Waals surface area contributed by atoms with Crippen LogP contribution in [0.4, 0.5) is 0 Å². The minimum absolute atomic E-state index is 0.0570. The Morgan fingerprint density at radius 1 is 0.705 bits per heavy atom. The standard InChI is InChI=1S/2C19H26O3/c2*1-7-8-13-12(4)16(10-15(13)20)22-18(21)17-14(9-11(2)3)19(17,5)6/h2*7,9,14,16-17H,1,8,10H2,2-6H3. The molecule has 6 heteroatoms. The topological polar surface area (TPSA) is 86.7 Å². The van der Waals surface area contributed by atoms with Crippen LogP contribution in [0.15, 0.2) is 70.9 Å². The van der Waals surface area contributed by atoms with Gasteiger partial charge in [-0.1, -0.05) is 63.1 Å². The van der Waals surface area contributed by atoms with Gasteiger partial charge in [-0.05, 0) is 88.2 Å². The Kier molecular flexibility index (Phi) is 10.7. The fraction of sp³-hybridized carbons (Fsp3) is 0.579. The van der Waals surface area contributed by atoms with Crippen molar-refractivity contribution in [2.75, 3.05) is 0 Å². The van der Waals surface area contributed by atoms with Crippen LogP contribution in [0.2, 0.25) is 0 Å². The van der Waals surface area contributed by atoms with Crippen molar-refractivity contribution in [3.63, 3.8) is 0 Å². The van der Waals surface area contributed by atoms with Crippen LogP contribution in [0.1, 0.15) is 94.9 Å². The van der Waals surface area contributed by atoms with Crippen molar-refractivity contribution in [2.24, 2.45) is 34.5 Å². The number of Topliss-reactive ketones (excluding diaryl/α,β-unsaturated/α-hetero) is 2. The highest BCUT2D eigenvalue weighted by molar-refractivity contribution is 6.00. The van der Waals surface area contributed by atoms with Crippen LogP contribution >= 0.6 is 0 Å². The highest BCUT2D eigenvalue weighted by Crippen LogP contribution is 2.61. The molecule has 44 heavy (non-hydrogen) atoms. The third-order valence-electron chi connectivity index (χ3n) is 9.90. The molecule has 4 aliphatic rings. The van der Waals surface area contributed by atoms with Crippen LogP contribution < -0.4 is 0 Å². The molecule has 0 aliphatic heterocycles. The van der Waals surface area contributed by atoms with Crippen molar-refractivity contribution >= 4 is 23.5 Å². The molecule has 0 amide bonds. The van der Waals surface area contributed by atoms with Gasteiger partial charge < -0.3 is 9.47 Å². The zero-order valence-corrected chi connectivity index (χ0v) is 28.5.